The van der Waals surface area contributed by atoms with E-state index in [0.717, 1.165) is 16.8 Å². The number of aromatic amines is 1. The van der Waals surface area contributed by atoms with E-state index >= 15 is 0 Å². The molecule has 0 aliphatic carbocycles. The Morgan fingerprint density at radius 2 is 2.07 bits per heavy atom. The third-order valence-corrected chi connectivity index (χ3v) is 4.96. The lowest BCUT2D eigenvalue weighted by Gasteiger charge is -2.18. The summed E-state index contributed by atoms with van der Waals surface area (Å²) < 4.78 is 7.39. The molecule has 3 aromatic rings. The first kappa shape index (κ1) is 18.4. The maximum atomic E-state index is 12.3. The van der Waals surface area contributed by atoms with Gasteiger partial charge in [0.05, 0.1) is 12.7 Å². The molecule has 1 aliphatic rings. The van der Waals surface area contributed by atoms with Gasteiger partial charge in [-0.25, -0.2) is 4.98 Å². The van der Waals surface area contributed by atoms with Crippen molar-refractivity contribution in [3.05, 3.63) is 39.7 Å². The number of benzene rings is 1. The Labute approximate surface area is 160 Å². The molecule has 0 amide bonds. The minimum Gasteiger partial charge on any atom is -0.394 e. The molecule has 28 heavy (non-hydrogen) atoms. The van der Waals surface area contributed by atoms with Gasteiger partial charge < -0.3 is 26.0 Å². The van der Waals surface area contributed by atoms with Crippen molar-refractivity contribution in [1.82, 2.24) is 19.5 Å². The van der Waals surface area contributed by atoms with Gasteiger partial charge in [0.25, 0.3) is 5.56 Å². The molecular weight excluding hydrogens is 364 g/mol. The average molecular weight is 386 g/mol. The fourth-order valence-corrected chi connectivity index (χ4v) is 3.52. The van der Waals surface area contributed by atoms with Crippen LogP contribution in [0.4, 0.5) is 17.6 Å². The Balaban J connectivity index is 1.88. The predicted octanol–water partition coefficient (Wildman–Crippen LogP) is 0.703. The number of hydrogen-bond donors (Lipinski definition) is 5. The van der Waals surface area contributed by atoms with Gasteiger partial charge in [-0.15, -0.1) is 0 Å². The lowest BCUT2D eigenvalue weighted by molar-refractivity contribution is -0.0425. The van der Waals surface area contributed by atoms with E-state index in [2.05, 4.69) is 20.3 Å². The number of nitrogen functional groups attached to an aromatic ring is 1. The van der Waals surface area contributed by atoms with E-state index in [1.807, 2.05) is 32.0 Å². The second kappa shape index (κ2) is 6.89. The Morgan fingerprint density at radius 3 is 2.71 bits per heavy atom. The Morgan fingerprint density at radius 1 is 1.36 bits per heavy atom. The minimum absolute atomic E-state index is 0.0467. The summed E-state index contributed by atoms with van der Waals surface area (Å²) >= 11 is 0. The van der Waals surface area contributed by atoms with E-state index < -0.39 is 24.0 Å². The van der Waals surface area contributed by atoms with E-state index in [-0.39, 0.29) is 30.1 Å². The van der Waals surface area contributed by atoms with Crippen molar-refractivity contribution in [2.75, 3.05) is 17.7 Å². The molecule has 3 atom stereocenters. The highest BCUT2D eigenvalue weighted by Crippen LogP contribution is 2.35. The second-order valence-electron chi connectivity index (χ2n) is 6.94. The topological polar surface area (TPSA) is 151 Å². The molecule has 6 N–H and O–H groups in total. The molecule has 10 heteroatoms. The molecule has 10 nitrogen and oxygen atoms in total. The van der Waals surface area contributed by atoms with Crippen LogP contribution in [0.3, 0.4) is 0 Å². The van der Waals surface area contributed by atoms with E-state index in [4.69, 9.17) is 10.5 Å². The zero-order valence-corrected chi connectivity index (χ0v) is 15.5. The molecule has 0 bridgehead atoms. The van der Waals surface area contributed by atoms with E-state index in [1.165, 1.54) is 0 Å². The normalized spacial score (nSPS) is 22.1. The van der Waals surface area contributed by atoms with Crippen LogP contribution in [0.25, 0.3) is 11.2 Å². The molecular formula is C18H22N6O4. The maximum Gasteiger partial charge on any atom is 0.280 e. The summed E-state index contributed by atoms with van der Waals surface area (Å²) in [6.07, 6.45) is -2.03. The third-order valence-electron chi connectivity index (χ3n) is 4.96. The number of nitrogens with one attached hydrogen (secondary N) is 2. The van der Waals surface area contributed by atoms with Gasteiger partial charge in [-0.05, 0) is 25.0 Å². The zero-order valence-electron chi connectivity index (χ0n) is 15.5. The van der Waals surface area contributed by atoms with Crippen molar-refractivity contribution in [3.8, 4) is 0 Å². The number of aromatic nitrogens is 4. The summed E-state index contributed by atoms with van der Waals surface area (Å²) in [7, 11) is 0. The van der Waals surface area contributed by atoms with Crippen molar-refractivity contribution in [2.45, 2.75) is 38.7 Å². The second-order valence-corrected chi connectivity index (χ2v) is 6.94. The van der Waals surface area contributed by atoms with Gasteiger partial charge in [0.1, 0.15) is 12.3 Å². The van der Waals surface area contributed by atoms with Crippen LogP contribution in [-0.2, 0) is 4.74 Å². The van der Waals surface area contributed by atoms with Crippen molar-refractivity contribution >= 4 is 28.7 Å². The van der Waals surface area contributed by atoms with Crippen molar-refractivity contribution in [2.24, 2.45) is 0 Å². The van der Waals surface area contributed by atoms with Crippen LogP contribution < -0.4 is 16.6 Å². The molecule has 0 spiro atoms. The van der Waals surface area contributed by atoms with Gasteiger partial charge in [0, 0.05) is 12.1 Å². The van der Waals surface area contributed by atoms with Gasteiger partial charge in [-0.1, -0.05) is 18.2 Å². The molecule has 0 unspecified atom stereocenters. The monoisotopic (exact) mass is 386 g/mol. The minimum atomic E-state index is -0.847. The quantitative estimate of drug-likeness (QED) is 0.439. The number of rotatable bonds is 4. The van der Waals surface area contributed by atoms with Crippen LogP contribution in [0.5, 0.6) is 0 Å². The van der Waals surface area contributed by atoms with Gasteiger partial charge in [0.2, 0.25) is 11.9 Å². The number of ether oxygens (including phenoxy) is 1. The molecule has 3 heterocycles. The third kappa shape index (κ3) is 3.01. The molecule has 4 rings (SSSR count). The summed E-state index contributed by atoms with van der Waals surface area (Å²) in [4.78, 5) is 23.4. The molecule has 148 valence electrons. The van der Waals surface area contributed by atoms with Gasteiger partial charge in [0.15, 0.2) is 11.2 Å². The van der Waals surface area contributed by atoms with Crippen molar-refractivity contribution in [3.63, 3.8) is 0 Å². The number of aryl methyl sites for hydroxylation is 2. The smallest absolute Gasteiger partial charge is 0.280 e. The van der Waals surface area contributed by atoms with Crippen LogP contribution in [0.1, 0.15) is 23.8 Å². The van der Waals surface area contributed by atoms with Crippen LogP contribution in [-0.4, -0.2) is 48.5 Å². The summed E-state index contributed by atoms with van der Waals surface area (Å²) in [5.74, 6) is 0.293. The number of anilines is 3. The average Bonchev–Trinajstić information content (AvgIpc) is 3.18. The molecule has 1 fully saturated rings. The molecule has 0 radical (unpaired) electrons. The fourth-order valence-electron chi connectivity index (χ4n) is 3.52. The van der Waals surface area contributed by atoms with E-state index in [0.29, 0.717) is 5.95 Å². The Hall–Kier alpha value is -2.95. The first-order chi connectivity index (χ1) is 13.4. The number of imidazole rings is 1. The van der Waals surface area contributed by atoms with Crippen LogP contribution in [0.15, 0.2) is 23.0 Å². The number of aliphatic hydroxyl groups excluding tert-OH is 2. The van der Waals surface area contributed by atoms with E-state index in [1.54, 1.807) is 4.57 Å². The number of fused-ring (bicyclic) bond motifs is 1. The number of nitrogens with two attached hydrogens (primary N) is 1. The number of aliphatic hydroxyl groups is 2. The largest absolute Gasteiger partial charge is 0.394 e. The highest BCUT2D eigenvalue weighted by atomic mass is 16.5. The molecule has 1 aliphatic heterocycles. The number of hydrogen-bond acceptors (Lipinski definition) is 8. The standard InChI is InChI=1S/C18H22N6O4/c1-8-4-3-5-9(2)13(8)20-18-21-14-15(22-17(19)23-16(14)27)24(18)12-6-10(26)11(7-25)28-12/h3-5,10-12,25-26H,6-7H2,1-2H3,(H,20,21)(H3,19,22,23,27)/t10-,11+,12+/m0/s1. The number of H-pyrrole nitrogens is 1. The highest BCUT2D eigenvalue weighted by molar-refractivity contribution is 5.77. The van der Waals surface area contributed by atoms with Gasteiger partial charge in [-0.3, -0.25) is 14.3 Å². The number of nitrogens with zero attached hydrogens (tertiary/aromatic N) is 3. The molecule has 2 aromatic heterocycles. The number of para-hydroxylation sites is 1. The molecule has 1 saturated heterocycles. The lowest BCUT2D eigenvalue weighted by atomic mass is 10.1. The van der Waals surface area contributed by atoms with Crippen LogP contribution >= 0.6 is 0 Å². The van der Waals surface area contributed by atoms with Crippen LogP contribution in [0.2, 0.25) is 0 Å². The Kier molecular flexibility index (Phi) is 4.53. The van der Waals surface area contributed by atoms with Crippen molar-refractivity contribution < 1.29 is 14.9 Å². The fraction of sp³-hybridized carbons (Fsp3) is 0.389. The van der Waals surface area contributed by atoms with E-state index in [9.17, 15) is 15.0 Å². The first-order valence-corrected chi connectivity index (χ1v) is 8.94. The predicted molar refractivity (Wildman–Crippen MR) is 103 cm³/mol. The lowest BCUT2D eigenvalue weighted by Crippen LogP contribution is -2.24. The van der Waals surface area contributed by atoms with Gasteiger partial charge in [-0.2, -0.15) is 4.98 Å². The summed E-state index contributed by atoms with van der Waals surface area (Å²) in [5.41, 5.74) is 8.45. The highest BCUT2D eigenvalue weighted by Gasteiger charge is 2.37. The summed E-state index contributed by atoms with van der Waals surface area (Å²) in [5, 5.41) is 22.8. The zero-order chi connectivity index (χ0) is 20.0. The Bertz CT molecular complexity index is 1070. The molecule has 0 saturated carbocycles. The first-order valence-electron chi connectivity index (χ1n) is 8.94. The summed E-state index contributed by atoms with van der Waals surface area (Å²) in [6, 6.07) is 5.88. The van der Waals surface area contributed by atoms with Gasteiger partial charge >= 0.3 is 0 Å². The summed E-state index contributed by atoms with van der Waals surface area (Å²) in [6.45, 7) is 3.60. The maximum absolute atomic E-state index is 12.3. The molecule has 1 aromatic carbocycles. The van der Waals surface area contributed by atoms with Crippen LogP contribution in [0, 0.1) is 13.8 Å². The van der Waals surface area contributed by atoms with Crippen molar-refractivity contribution in [1.29, 1.82) is 0 Å². The SMILES string of the molecule is Cc1cccc(C)c1Nc1nc2c(=O)[nH]c(N)nc2n1[C@H]1C[C@H](O)[C@@H](CO)O1.